The van der Waals surface area contributed by atoms with Crippen LogP contribution in [-0.4, -0.2) is 27.7 Å². The van der Waals surface area contributed by atoms with Gasteiger partial charge in [-0.3, -0.25) is 4.40 Å². The average Bonchev–Trinajstić information content (AvgIpc) is 2.98. The highest BCUT2D eigenvalue weighted by molar-refractivity contribution is 5.51. The Morgan fingerprint density at radius 2 is 2.00 bits per heavy atom. The molecule has 2 aromatic heterocycles. The molecule has 5 heteroatoms. The number of nitriles is 1. The Balaban J connectivity index is 2.00. The molecule has 5 nitrogen and oxygen atoms in total. The zero-order valence-corrected chi connectivity index (χ0v) is 12.9. The Morgan fingerprint density at radius 1 is 1.12 bits per heavy atom. The summed E-state index contributed by atoms with van der Waals surface area (Å²) in [5.74, 6) is 6.21. The molecule has 3 aromatic rings. The summed E-state index contributed by atoms with van der Waals surface area (Å²) in [6.07, 6.45) is 1.90. The smallest absolute Gasteiger partial charge is 0.138 e. The number of nitrogens with zero attached hydrogens (tertiary/aromatic N) is 3. The van der Waals surface area contributed by atoms with E-state index in [1.165, 1.54) is 0 Å². The molecule has 24 heavy (non-hydrogen) atoms. The third-order valence-corrected chi connectivity index (χ3v) is 3.39. The van der Waals surface area contributed by atoms with Crippen molar-refractivity contribution in [1.29, 1.82) is 5.26 Å². The fourth-order valence-electron chi connectivity index (χ4n) is 2.31. The Labute approximate surface area is 139 Å². The number of hydrogen-bond acceptors (Lipinski definition) is 4. The van der Waals surface area contributed by atoms with Gasteiger partial charge in [-0.05, 0) is 36.3 Å². The number of aliphatic hydroxyl groups excluding tert-OH is 1. The van der Waals surface area contributed by atoms with Gasteiger partial charge in [-0.15, -0.1) is 0 Å². The minimum absolute atomic E-state index is 0.0324. The Kier molecular flexibility index (Phi) is 4.88. The van der Waals surface area contributed by atoms with Crippen LogP contribution in [0.1, 0.15) is 22.5 Å². The van der Waals surface area contributed by atoms with Gasteiger partial charge in [-0.25, -0.2) is 4.98 Å². The van der Waals surface area contributed by atoms with Gasteiger partial charge in [0, 0.05) is 11.8 Å². The van der Waals surface area contributed by atoms with E-state index in [2.05, 4.69) is 22.9 Å². The molecule has 1 N–H and O–H groups in total. The molecule has 0 aliphatic rings. The normalized spacial score (nSPS) is 10.2. The highest BCUT2D eigenvalue weighted by atomic mass is 16.5. The maximum absolute atomic E-state index is 8.97. The first-order valence-electron chi connectivity index (χ1n) is 7.48. The number of aliphatic hydroxyl groups is 1. The van der Waals surface area contributed by atoms with Crippen molar-refractivity contribution in [3.8, 4) is 17.9 Å². The van der Waals surface area contributed by atoms with Crippen LogP contribution < -0.4 is 0 Å². The molecule has 118 valence electrons. The summed E-state index contributed by atoms with van der Waals surface area (Å²) < 4.78 is 7.29. The number of fused-ring (bicyclic) bond motifs is 1. The zero-order chi connectivity index (χ0) is 16.8. The van der Waals surface area contributed by atoms with E-state index in [4.69, 9.17) is 15.1 Å². The van der Waals surface area contributed by atoms with Crippen molar-refractivity contribution in [2.24, 2.45) is 0 Å². The summed E-state index contributed by atoms with van der Waals surface area (Å²) in [4.78, 5) is 4.53. The predicted octanol–water partition coefficient (Wildman–Crippen LogP) is 2.11. The topological polar surface area (TPSA) is 70.5 Å². The van der Waals surface area contributed by atoms with Gasteiger partial charge in [-0.1, -0.05) is 18.1 Å². The van der Waals surface area contributed by atoms with Crippen LogP contribution >= 0.6 is 0 Å². The molecule has 0 aliphatic heterocycles. The molecule has 3 rings (SSSR count). The van der Waals surface area contributed by atoms with Crippen LogP contribution in [0.2, 0.25) is 0 Å². The number of imidazole rings is 1. The molecular weight excluding hydrogens is 302 g/mol. The van der Waals surface area contributed by atoms with Crippen molar-refractivity contribution in [3.63, 3.8) is 0 Å². The van der Waals surface area contributed by atoms with E-state index in [9.17, 15) is 0 Å². The van der Waals surface area contributed by atoms with Crippen LogP contribution in [0.4, 0.5) is 0 Å². The maximum atomic E-state index is 8.97. The molecule has 0 radical (unpaired) electrons. The van der Waals surface area contributed by atoms with Gasteiger partial charge in [0.05, 0.1) is 31.5 Å². The quantitative estimate of drug-likeness (QED) is 0.591. The fraction of sp³-hybridized carbons (Fsp3) is 0.158. The van der Waals surface area contributed by atoms with Crippen molar-refractivity contribution >= 4 is 5.65 Å². The van der Waals surface area contributed by atoms with Crippen LogP contribution in [0.25, 0.3) is 5.65 Å². The Bertz CT molecular complexity index is 958. The molecule has 0 amide bonds. The lowest BCUT2D eigenvalue weighted by Crippen LogP contribution is -2.01. The monoisotopic (exact) mass is 317 g/mol. The summed E-state index contributed by atoms with van der Waals surface area (Å²) >= 11 is 0. The molecule has 0 aliphatic carbocycles. The number of ether oxygens (including phenoxy) is 1. The second-order valence-corrected chi connectivity index (χ2v) is 5.05. The van der Waals surface area contributed by atoms with E-state index in [1.54, 1.807) is 12.1 Å². The van der Waals surface area contributed by atoms with Crippen LogP contribution in [0.5, 0.6) is 0 Å². The molecule has 0 atom stereocenters. The van der Waals surface area contributed by atoms with E-state index in [0.717, 1.165) is 22.6 Å². The number of benzene rings is 1. The highest BCUT2D eigenvalue weighted by Gasteiger charge is 2.10. The van der Waals surface area contributed by atoms with Gasteiger partial charge in [0.25, 0.3) is 0 Å². The van der Waals surface area contributed by atoms with Crippen molar-refractivity contribution in [2.75, 3.05) is 13.2 Å². The lowest BCUT2D eigenvalue weighted by molar-refractivity contribution is 0.0798. The van der Waals surface area contributed by atoms with Gasteiger partial charge in [0.1, 0.15) is 17.0 Å². The first-order valence-corrected chi connectivity index (χ1v) is 7.48. The van der Waals surface area contributed by atoms with Gasteiger partial charge in [-0.2, -0.15) is 5.26 Å². The van der Waals surface area contributed by atoms with Gasteiger partial charge >= 0.3 is 0 Å². The average molecular weight is 317 g/mol. The molecule has 0 saturated heterocycles. The van der Waals surface area contributed by atoms with Crippen molar-refractivity contribution in [2.45, 2.75) is 6.61 Å². The number of pyridine rings is 1. The molecular formula is C19H15N3O2. The van der Waals surface area contributed by atoms with Crippen LogP contribution in [0.3, 0.4) is 0 Å². The molecule has 0 spiro atoms. The number of aromatic nitrogens is 2. The van der Waals surface area contributed by atoms with Gasteiger partial charge < -0.3 is 9.84 Å². The highest BCUT2D eigenvalue weighted by Crippen LogP contribution is 2.13. The first kappa shape index (κ1) is 15.8. The molecule has 0 unspecified atom stereocenters. The van der Waals surface area contributed by atoms with E-state index in [-0.39, 0.29) is 19.8 Å². The van der Waals surface area contributed by atoms with E-state index in [1.807, 2.05) is 40.9 Å². The Hall–Kier alpha value is -3.12. The van der Waals surface area contributed by atoms with Gasteiger partial charge in [0.15, 0.2) is 0 Å². The summed E-state index contributed by atoms with van der Waals surface area (Å²) in [5.41, 5.74) is 3.59. The molecule has 0 fully saturated rings. The lowest BCUT2D eigenvalue weighted by atomic mass is 10.1. The number of rotatable bonds is 4. The summed E-state index contributed by atoms with van der Waals surface area (Å²) in [5, 5.41) is 17.8. The lowest BCUT2D eigenvalue weighted by Gasteiger charge is -2.00. The third-order valence-electron chi connectivity index (χ3n) is 3.39. The van der Waals surface area contributed by atoms with E-state index in [0.29, 0.717) is 5.56 Å². The first-order chi connectivity index (χ1) is 11.8. The minimum atomic E-state index is -0.0324. The second-order valence-electron chi connectivity index (χ2n) is 5.05. The standard InChI is InChI=1S/C19H15N3O2/c20-13-16-5-3-4-15(12-16)7-8-18-17(14-24-11-10-23)21-19-6-1-2-9-22(18)19/h1-6,9,12,23H,10-11,14H2. The van der Waals surface area contributed by atoms with Crippen molar-refractivity contribution < 1.29 is 9.84 Å². The van der Waals surface area contributed by atoms with E-state index < -0.39 is 0 Å². The van der Waals surface area contributed by atoms with E-state index >= 15 is 0 Å². The minimum Gasteiger partial charge on any atom is -0.394 e. The summed E-state index contributed by atoms with van der Waals surface area (Å²) in [7, 11) is 0. The van der Waals surface area contributed by atoms with Crippen LogP contribution in [0, 0.1) is 23.2 Å². The molecule has 1 aromatic carbocycles. The molecule has 0 saturated carbocycles. The summed E-state index contributed by atoms with van der Waals surface area (Å²) in [6.45, 7) is 0.505. The van der Waals surface area contributed by atoms with Crippen molar-refractivity contribution in [3.05, 3.63) is 71.2 Å². The largest absolute Gasteiger partial charge is 0.394 e. The second kappa shape index (κ2) is 7.43. The summed E-state index contributed by atoms with van der Waals surface area (Å²) in [6, 6.07) is 15.0. The Morgan fingerprint density at radius 3 is 2.83 bits per heavy atom. The maximum Gasteiger partial charge on any atom is 0.138 e. The SMILES string of the molecule is N#Cc1cccc(C#Cc2c(COCCO)nc3ccccn23)c1. The predicted molar refractivity (Wildman–Crippen MR) is 89.1 cm³/mol. The zero-order valence-electron chi connectivity index (χ0n) is 12.9. The van der Waals surface area contributed by atoms with Crippen LogP contribution in [-0.2, 0) is 11.3 Å². The van der Waals surface area contributed by atoms with Gasteiger partial charge in [0.2, 0.25) is 0 Å². The fourth-order valence-corrected chi connectivity index (χ4v) is 2.31. The number of hydrogen-bond donors (Lipinski definition) is 1. The third kappa shape index (κ3) is 3.44. The van der Waals surface area contributed by atoms with Crippen LogP contribution in [0.15, 0.2) is 48.7 Å². The molecule has 2 heterocycles. The van der Waals surface area contributed by atoms with Crippen molar-refractivity contribution in [1.82, 2.24) is 9.38 Å². The molecule has 0 bridgehead atoms.